The third kappa shape index (κ3) is 3.39. The van der Waals surface area contributed by atoms with Gasteiger partial charge in [-0.05, 0) is 24.6 Å². The zero-order valence-electron chi connectivity index (χ0n) is 11.4. The van der Waals surface area contributed by atoms with Gasteiger partial charge in [0.1, 0.15) is 4.90 Å². The van der Waals surface area contributed by atoms with Gasteiger partial charge in [0.25, 0.3) is 0 Å². The number of hydrogen-bond donors (Lipinski definition) is 2. The summed E-state index contributed by atoms with van der Waals surface area (Å²) >= 11 is 5.77. The van der Waals surface area contributed by atoms with Crippen LogP contribution in [0.5, 0.6) is 0 Å². The molecule has 1 saturated heterocycles. The van der Waals surface area contributed by atoms with E-state index in [1.54, 1.807) is 0 Å². The van der Waals surface area contributed by atoms with E-state index in [2.05, 4.69) is 10.1 Å². The number of nitrogens with one attached hydrogen (secondary N) is 1. The van der Waals surface area contributed by atoms with Gasteiger partial charge in [0.05, 0.1) is 12.8 Å². The number of carbonyl (C=O) groups excluding carboxylic acids is 1. The summed E-state index contributed by atoms with van der Waals surface area (Å²) < 4.78 is 30.8. The number of methoxy groups -OCH3 is 1. The first-order chi connectivity index (χ1) is 9.84. The third-order valence-electron chi connectivity index (χ3n) is 3.25. The number of hydrogen-bond acceptors (Lipinski definition) is 5. The predicted octanol–water partition coefficient (Wildman–Crippen LogP) is 1.04. The topological polar surface area (TPSA) is 102 Å². The zero-order valence-corrected chi connectivity index (χ0v) is 12.9. The number of ether oxygens (including phenoxy) is 1. The molecule has 1 aromatic rings. The van der Waals surface area contributed by atoms with Gasteiger partial charge in [-0.3, -0.25) is 0 Å². The molecule has 1 atom stereocenters. The van der Waals surface area contributed by atoms with Crippen molar-refractivity contribution in [2.75, 3.05) is 25.9 Å². The van der Waals surface area contributed by atoms with Gasteiger partial charge in [-0.15, -0.1) is 0 Å². The quantitative estimate of drug-likeness (QED) is 0.805. The van der Waals surface area contributed by atoms with Crippen molar-refractivity contribution in [3.63, 3.8) is 0 Å². The van der Waals surface area contributed by atoms with Crippen LogP contribution >= 0.6 is 11.6 Å². The Hall–Kier alpha value is -1.51. The van der Waals surface area contributed by atoms with Crippen molar-refractivity contribution in [2.45, 2.75) is 17.4 Å². The van der Waals surface area contributed by atoms with E-state index in [-0.39, 0.29) is 23.2 Å². The summed E-state index contributed by atoms with van der Waals surface area (Å²) in [5.41, 5.74) is 5.84. The second kappa shape index (κ2) is 6.08. The summed E-state index contributed by atoms with van der Waals surface area (Å²) in [7, 11) is -2.45. The molecule has 1 fully saturated rings. The molecule has 3 N–H and O–H groups in total. The number of halogens is 1. The van der Waals surface area contributed by atoms with Crippen LogP contribution in [-0.2, 0) is 14.8 Å². The van der Waals surface area contributed by atoms with E-state index < -0.39 is 16.1 Å². The highest BCUT2D eigenvalue weighted by atomic mass is 35.5. The molecule has 0 aromatic heterocycles. The monoisotopic (exact) mass is 333 g/mol. The van der Waals surface area contributed by atoms with E-state index in [0.29, 0.717) is 18.0 Å². The number of anilines is 1. The maximum absolute atomic E-state index is 12.5. The maximum Gasteiger partial charge on any atom is 0.407 e. The molecule has 1 aliphatic heterocycles. The van der Waals surface area contributed by atoms with Gasteiger partial charge < -0.3 is 15.8 Å². The standard InChI is InChI=1S/C12H16ClN3O4S/c1-20-12(17)15-9-4-5-16(7-9)21(18,19)11-3-2-8(13)6-10(11)14/h2-3,6,9H,4-5,7,14H2,1H3,(H,15,17). The molecule has 0 spiro atoms. The maximum atomic E-state index is 12.5. The number of nitrogens with zero attached hydrogens (tertiary/aromatic N) is 1. The lowest BCUT2D eigenvalue weighted by atomic mass is 10.3. The molecule has 7 nitrogen and oxygen atoms in total. The van der Waals surface area contributed by atoms with Gasteiger partial charge in [0.2, 0.25) is 10.0 Å². The van der Waals surface area contributed by atoms with Gasteiger partial charge in [0, 0.05) is 24.2 Å². The minimum absolute atomic E-state index is 0.0191. The van der Waals surface area contributed by atoms with Crippen LogP contribution in [0.4, 0.5) is 10.5 Å². The van der Waals surface area contributed by atoms with E-state index in [1.165, 1.54) is 29.6 Å². The van der Waals surface area contributed by atoms with Gasteiger partial charge >= 0.3 is 6.09 Å². The lowest BCUT2D eigenvalue weighted by Crippen LogP contribution is -2.38. The van der Waals surface area contributed by atoms with Crippen LogP contribution in [0.2, 0.25) is 5.02 Å². The Balaban J connectivity index is 2.16. The van der Waals surface area contributed by atoms with Crippen molar-refractivity contribution in [3.05, 3.63) is 23.2 Å². The van der Waals surface area contributed by atoms with Crippen molar-refractivity contribution in [1.82, 2.24) is 9.62 Å². The number of rotatable bonds is 3. The van der Waals surface area contributed by atoms with E-state index in [9.17, 15) is 13.2 Å². The Morgan fingerprint density at radius 2 is 2.24 bits per heavy atom. The highest BCUT2D eigenvalue weighted by molar-refractivity contribution is 7.89. The van der Waals surface area contributed by atoms with Crippen LogP contribution in [0.25, 0.3) is 0 Å². The normalized spacial score (nSPS) is 19.4. The first-order valence-electron chi connectivity index (χ1n) is 6.24. The molecule has 1 heterocycles. The van der Waals surface area contributed by atoms with Crippen LogP contribution in [0.15, 0.2) is 23.1 Å². The van der Waals surface area contributed by atoms with Crippen molar-refractivity contribution in [2.24, 2.45) is 0 Å². The molecule has 1 aliphatic rings. The minimum Gasteiger partial charge on any atom is -0.453 e. The zero-order chi connectivity index (χ0) is 15.6. The molecule has 0 aliphatic carbocycles. The van der Waals surface area contributed by atoms with Crippen molar-refractivity contribution in [3.8, 4) is 0 Å². The molecule has 2 rings (SSSR count). The molecular weight excluding hydrogens is 318 g/mol. The highest BCUT2D eigenvalue weighted by Crippen LogP contribution is 2.27. The van der Waals surface area contributed by atoms with Crippen LogP contribution in [0.3, 0.4) is 0 Å². The third-order valence-corrected chi connectivity index (χ3v) is 5.42. The molecule has 21 heavy (non-hydrogen) atoms. The van der Waals surface area contributed by atoms with Gasteiger partial charge in [-0.2, -0.15) is 4.31 Å². The number of amides is 1. The largest absolute Gasteiger partial charge is 0.453 e. The smallest absolute Gasteiger partial charge is 0.407 e. The summed E-state index contributed by atoms with van der Waals surface area (Å²) in [6.45, 7) is 0.485. The fourth-order valence-electron chi connectivity index (χ4n) is 2.18. The molecule has 0 bridgehead atoms. The Kier molecular flexibility index (Phi) is 4.60. The lowest BCUT2D eigenvalue weighted by molar-refractivity contribution is 0.167. The van der Waals surface area contributed by atoms with Crippen molar-refractivity contribution < 1.29 is 17.9 Å². The summed E-state index contributed by atoms with van der Waals surface area (Å²) in [4.78, 5) is 11.2. The highest BCUT2D eigenvalue weighted by Gasteiger charge is 2.34. The molecule has 0 saturated carbocycles. The molecular formula is C12H16ClN3O4S. The first-order valence-corrected chi connectivity index (χ1v) is 8.06. The first kappa shape index (κ1) is 15.9. The van der Waals surface area contributed by atoms with E-state index >= 15 is 0 Å². The summed E-state index contributed by atoms with van der Waals surface area (Å²) in [6.07, 6.45) is -0.0628. The average molecular weight is 334 g/mol. The van der Waals surface area contributed by atoms with Gasteiger partial charge in [-0.25, -0.2) is 13.2 Å². The van der Waals surface area contributed by atoms with Crippen molar-refractivity contribution in [1.29, 1.82) is 0 Å². The van der Waals surface area contributed by atoms with Crippen LogP contribution in [-0.4, -0.2) is 45.1 Å². The Labute approximate surface area is 128 Å². The molecule has 9 heteroatoms. The lowest BCUT2D eigenvalue weighted by Gasteiger charge is -2.18. The van der Waals surface area contributed by atoms with Gasteiger partial charge in [0.15, 0.2) is 0 Å². The van der Waals surface area contributed by atoms with Gasteiger partial charge in [-0.1, -0.05) is 11.6 Å². The van der Waals surface area contributed by atoms with E-state index in [1.807, 2.05) is 0 Å². The van der Waals surface area contributed by atoms with Crippen molar-refractivity contribution >= 4 is 33.4 Å². The molecule has 1 aromatic carbocycles. The number of benzene rings is 1. The Morgan fingerprint density at radius 1 is 1.52 bits per heavy atom. The number of alkyl carbamates (subject to hydrolysis) is 1. The number of nitrogen functional groups attached to an aromatic ring is 1. The Bertz CT molecular complexity index is 650. The molecule has 1 amide bonds. The SMILES string of the molecule is COC(=O)NC1CCN(S(=O)(=O)c2ccc(Cl)cc2N)C1. The average Bonchev–Trinajstić information content (AvgIpc) is 2.87. The number of carbonyl (C=O) groups is 1. The fourth-order valence-corrected chi connectivity index (χ4v) is 3.96. The minimum atomic E-state index is -3.70. The van der Waals surface area contributed by atoms with E-state index in [4.69, 9.17) is 17.3 Å². The van der Waals surface area contributed by atoms with Crippen LogP contribution in [0, 0.1) is 0 Å². The summed E-state index contributed by atoms with van der Waals surface area (Å²) in [5, 5.41) is 2.96. The molecule has 1 unspecified atom stereocenters. The summed E-state index contributed by atoms with van der Waals surface area (Å²) in [5.74, 6) is 0. The Morgan fingerprint density at radius 3 is 2.86 bits per heavy atom. The summed E-state index contributed by atoms with van der Waals surface area (Å²) in [6, 6.07) is 3.98. The number of sulfonamides is 1. The van der Waals surface area contributed by atoms with Crippen LogP contribution < -0.4 is 11.1 Å². The molecule has 116 valence electrons. The predicted molar refractivity (Wildman–Crippen MR) is 78.6 cm³/mol. The fraction of sp³-hybridized carbons (Fsp3) is 0.417. The second-order valence-corrected chi connectivity index (χ2v) is 7.01. The van der Waals surface area contributed by atoms with E-state index in [0.717, 1.165) is 0 Å². The van der Waals surface area contributed by atoms with Crippen LogP contribution in [0.1, 0.15) is 6.42 Å². The number of nitrogens with two attached hydrogens (primary N) is 1. The second-order valence-electron chi connectivity index (χ2n) is 4.67. The molecule has 0 radical (unpaired) electrons.